The standard InChI is InChI=1S/C14H21N3O2.C2HF3O2/c1-9-15-14(19-16-9)13-5-4-11-12(18-13)6-7-17(11)8-10-2-3-10;3-2(4,5)1(6)7/h10-13H,2-8H2,1H3;(H,6,7)/t11-,12-,13+;/m1./s1. The predicted molar refractivity (Wildman–Crippen MR) is 82.3 cm³/mol. The minimum absolute atomic E-state index is 0.0170. The molecule has 0 radical (unpaired) electrons. The van der Waals surface area contributed by atoms with Crippen LogP contribution in [0.2, 0.25) is 0 Å². The zero-order valence-electron chi connectivity index (χ0n) is 14.4. The van der Waals surface area contributed by atoms with Crippen molar-refractivity contribution in [3.8, 4) is 0 Å². The summed E-state index contributed by atoms with van der Waals surface area (Å²) in [6.45, 7) is 4.34. The second kappa shape index (κ2) is 7.51. The van der Waals surface area contributed by atoms with E-state index in [-0.39, 0.29) is 6.10 Å². The lowest BCUT2D eigenvalue weighted by molar-refractivity contribution is -0.192. The Morgan fingerprint density at radius 1 is 1.27 bits per heavy atom. The van der Waals surface area contributed by atoms with E-state index in [2.05, 4.69) is 15.0 Å². The molecule has 0 amide bonds. The van der Waals surface area contributed by atoms with E-state index in [0.717, 1.165) is 18.8 Å². The average Bonchev–Trinajstić information content (AvgIpc) is 3.14. The number of halogens is 3. The highest BCUT2D eigenvalue weighted by atomic mass is 19.4. The highest BCUT2D eigenvalue weighted by Crippen LogP contribution is 2.39. The van der Waals surface area contributed by atoms with E-state index in [0.29, 0.717) is 23.9 Å². The minimum Gasteiger partial charge on any atom is -0.475 e. The zero-order chi connectivity index (χ0) is 18.9. The number of hydrogen-bond donors (Lipinski definition) is 1. The molecule has 3 heterocycles. The normalized spacial score (nSPS) is 29.0. The van der Waals surface area contributed by atoms with Gasteiger partial charge in [0.1, 0.15) is 6.10 Å². The quantitative estimate of drug-likeness (QED) is 0.866. The molecule has 3 fully saturated rings. The molecule has 2 saturated heterocycles. The Bertz CT molecular complexity index is 633. The van der Waals surface area contributed by atoms with Gasteiger partial charge in [-0.3, -0.25) is 4.90 Å². The van der Waals surface area contributed by atoms with Gasteiger partial charge in [-0.2, -0.15) is 18.2 Å². The van der Waals surface area contributed by atoms with E-state index >= 15 is 0 Å². The van der Waals surface area contributed by atoms with Crippen LogP contribution in [0.15, 0.2) is 4.52 Å². The van der Waals surface area contributed by atoms with Crippen LogP contribution >= 0.6 is 0 Å². The first-order chi connectivity index (χ1) is 12.2. The number of aromatic nitrogens is 2. The van der Waals surface area contributed by atoms with Gasteiger partial charge in [-0.1, -0.05) is 5.16 Å². The Balaban J connectivity index is 0.000000242. The van der Waals surface area contributed by atoms with Crippen LogP contribution in [0.5, 0.6) is 0 Å². The Labute approximate surface area is 148 Å². The third-order valence-electron chi connectivity index (χ3n) is 4.91. The van der Waals surface area contributed by atoms with E-state index < -0.39 is 12.1 Å². The van der Waals surface area contributed by atoms with Crippen molar-refractivity contribution in [2.24, 2.45) is 5.92 Å². The smallest absolute Gasteiger partial charge is 0.475 e. The Kier molecular flexibility index (Phi) is 5.52. The first kappa shape index (κ1) is 19.1. The van der Waals surface area contributed by atoms with Gasteiger partial charge < -0.3 is 14.4 Å². The van der Waals surface area contributed by atoms with Gasteiger partial charge in [0, 0.05) is 19.1 Å². The van der Waals surface area contributed by atoms with Gasteiger partial charge in [0.15, 0.2) is 5.82 Å². The Morgan fingerprint density at radius 2 is 1.96 bits per heavy atom. The fraction of sp³-hybridized carbons (Fsp3) is 0.812. The molecule has 146 valence electrons. The molecule has 1 aliphatic carbocycles. The van der Waals surface area contributed by atoms with Crippen LogP contribution in [0.3, 0.4) is 0 Å². The maximum Gasteiger partial charge on any atom is 0.490 e. The van der Waals surface area contributed by atoms with E-state index in [1.54, 1.807) is 0 Å². The number of alkyl halides is 3. The number of carboxylic acid groups (broad SMARTS) is 1. The maximum absolute atomic E-state index is 10.6. The number of carboxylic acids is 1. The summed E-state index contributed by atoms with van der Waals surface area (Å²) in [7, 11) is 0. The lowest BCUT2D eigenvalue weighted by atomic mass is 9.99. The van der Waals surface area contributed by atoms with E-state index in [1.165, 1.54) is 32.4 Å². The van der Waals surface area contributed by atoms with Crippen molar-refractivity contribution in [2.75, 3.05) is 13.1 Å². The fourth-order valence-corrected chi connectivity index (χ4v) is 3.50. The lowest BCUT2D eigenvalue weighted by Gasteiger charge is -2.34. The summed E-state index contributed by atoms with van der Waals surface area (Å²) < 4.78 is 43.2. The monoisotopic (exact) mass is 377 g/mol. The lowest BCUT2D eigenvalue weighted by Crippen LogP contribution is -2.41. The number of carbonyl (C=O) groups is 1. The van der Waals surface area contributed by atoms with Crippen molar-refractivity contribution in [1.29, 1.82) is 0 Å². The van der Waals surface area contributed by atoms with Gasteiger partial charge in [-0.05, 0) is 44.9 Å². The van der Waals surface area contributed by atoms with E-state index in [1.807, 2.05) is 6.92 Å². The van der Waals surface area contributed by atoms with Crippen LogP contribution in [-0.2, 0) is 9.53 Å². The molecule has 26 heavy (non-hydrogen) atoms. The van der Waals surface area contributed by atoms with Crippen LogP contribution in [0, 0.1) is 12.8 Å². The molecule has 3 aliphatic rings. The van der Waals surface area contributed by atoms with Gasteiger partial charge in [0.05, 0.1) is 6.10 Å². The molecule has 1 aromatic heterocycles. The third-order valence-corrected chi connectivity index (χ3v) is 4.91. The topological polar surface area (TPSA) is 88.7 Å². The molecule has 4 rings (SSSR count). The van der Waals surface area contributed by atoms with Crippen molar-refractivity contribution in [3.05, 3.63) is 11.7 Å². The summed E-state index contributed by atoms with van der Waals surface area (Å²) >= 11 is 0. The summed E-state index contributed by atoms with van der Waals surface area (Å²) in [6.07, 6.45) is 1.51. The van der Waals surface area contributed by atoms with Crippen LogP contribution in [0.25, 0.3) is 0 Å². The molecule has 0 bridgehead atoms. The number of aryl methyl sites for hydroxylation is 1. The summed E-state index contributed by atoms with van der Waals surface area (Å²) in [5, 5.41) is 11.0. The van der Waals surface area contributed by atoms with Crippen molar-refractivity contribution in [3.63, 3.8) is 0 Å². The van der Waals surface area contributed by atoms with Crippen molar-refractivity contribution < 1.29 is 32.3 Å². The summed E-state index contributed by atoms with van der Waals surface area (Å²) in [5.41, 5.74) is 0. The van der Waals surface area contributed by atoms with Gasteiger partial charge in [0.2, 0.25) is 0 Å². The number of aliphatic carboxylic acids is 1. The molecule has 0 unspecified atom stereocenters. The van der Waals surface area contributed by atoms with Crippen molar-refractivity contribution >= 4 is 5.97 Å². The largest absolute Gasteiger partial charge is 0.490 e. The second-order valence-electron chi connectivity index (χ2n) is 7.02. The number of ether oxygens (including phenoxy) is 1. The van der Waals surface area contributed by atoms with Crippen molar-refractivity contribution in [2.45, 2.75) is 63.5 Å². The van der Waals surface area contributed by atoms with Gasteiger partial charge in [-0.25, -0.2) is 4.79 Å². The Hall–Kier alpha value is -1.68. The minimum atomic E-state index is -5.08. The van der Waals surface area contributed by atoms with E-state index in [9.17, 15) is 13.2 Å². The molecule has 7 nitrogen and oxygen atoms in total. The van der Waals surface area contributed by atoms with Gasteiger partial charge in [-0.15, -0.1) is 0 Å². The van der Waals surface area contributed by atoms with Crippen LogP contribution in [0.1, 0.15) is 49.9 Å². The molecule has 0 spiro atoms. The van der Waals surface area contributed by atoms with Crippen LogP contribution in [0.4, 0.5) is 13.2 Å². The zero-order valence-corrected chi connectivity index (χ0v) is 14.4. The molecule has 1 aromatic rings. The summed E-state index contributed by atoms with van der Waals surface area (Å²) in [5.74, 6) is -0.429. The first-order valence-corrected chi connectivity index (χ1v) is 8.74. The van der Waals surface area contributed by atoms with Crippen LogP contribution < -0.4 is 0 Å². The third kappa shape index (κ3) is 4.73. The average molecular weight is 377 g/mol. The van der Waals surface area contributed by atoms with Gasteiger partial charge >= 0.3 is 12.1 Å². The Morgan fingerprint density at radius 3 is 2.50 bits per heavy atom. The fourth-order valence-electron chi connectivity index (χ4n) is 3.50. The SMILES string of the molecule is Cc1noc([C@@H]2CC[C@@H]3[C@@H](CCN3CC3CC3)O2)n1.O=C(O)C(F)(F)F. The molecular formula is C16H22F3N3O4. The number of fused-ring (bicyclic) bond motifs is 1. The van der Waals surface area contributed by atoms with Crippen LogP contribution in [-0.4, -0.2) is 57.5 Å². The number of hydrogen-bond acceptors (Lipinski definition) is 6. The summed E-state index contributed by atoms with van der Waals surface area (Å²) in [4.78, 5) is 15.9. The predicted octanol–water partition coefficient (Wildman–Crippen LogP) is 2.72. The number of likely N-dealkylation sites (tertiary alicyclic amines) is 1. The molecule has 1 saturated carbocycles. The first-order valence-electron chi connectivity index (χ1n) is 8.74. The van der Waals surface area contributed by atoms with Gasteiger partial charge in [0.25, 0.3) is 5.89 Å². The molecule has 0 aromatic carbocycles. The molecular weight excluding hydrogens is 355 g/mol. The van der Waals surface area contributed by atoms with Crippen molar-refractivity contribution in [1.82, 2.24) is 15.0 Å². The summed E-state index contributed by atoms with van der Waals surface area (Å²) in [6, 6.07) is 0.626. The highest BCUT2D eigenvalue weighted by molar-refractivity contribution is 5.73. The molecule has 2 aliphatic heterocycles. The highest BCUT2D eigenvalue weighted by Gasteiger charge is 2.43. The number of rotatable bonds is 3. The van der Waals surface area contributed by atoms with E-state index in [4.69, 9.17) is 19.2 Å². The second-order valence-corrected chi connectivity index (χ2v) is 7.02. The maximum atomic E-state index is 10.6. The molecule has 10 heteroatoms. The molecule has 1 N–H and O–H groups in total. The number of nitrogens with zero attached hydrogens (tertiary/aromatic N) is 3. The molecule has 3 atom stereocenters.